The lowest BCUT2D eigenvalue weighted by Crippen LogP contribution is -2.49. The summed E-state index contributed by atoms with van der Waals surface area (Å²) in [5.41, 5.74) is 2.88. The van der Waals surface area contributed by atoms with E-state index in [-0.39, 0.29) is 18.2 Å². The second-order valence-electron chi connectivity index (χ2n) is 12.4. The van der Waals surface area contributed by atoms with Crippen LogP contribution in [0.5, 0.6) is 5.75 Å². The number of nitrogens with zero attached hydrogens (tertiary/aromatic N) is 7. The standard InChI is InChI=1S/C35H42F2N8O3/c1-3-4-5-6-8-24-19-27(25-9-7-12-44(23-25)31(46)10-13-45-14-11-39-41-45)32(37)33-28(24)21-29(40-33)35(47)43-17-15-42(16-18-43)34-30(48-2)20-26(36)22-38-34/h9,11,14,19-22,40H,3-8,10,12-13,15-18,23H2,1-2H3. The minimum Gasteiger partial charge on any atom is -0.493 e. The number of fused-ring (bicyclic) bond motifs is 1. The van der Waals surface area contributed by atoms with Crippen molar-refractivity contribution in [2.75, 3.05) is 51.3 Å². The third-order valence-corrected chi connectivity index (χ3v) is 9.23. The lowest BCUT2D eigenvalue weighted by molar-refractivity contribution is -0.131. The first-order chi connectivity index (χ1) is 23.4. The number of piperazine rings is 1. The predicted octanol–water partition coefficient (Wildman–Crippen LogP) is 5.23. The summed E-state index contributed by atoms with van der Waals surface area (Å²) in [6, 6.07) is 5.00. The van der Waals surface area contributed by atoms with Gasteiger partial charge < -0.3 is 24.4 Å². The van der Waals surface area contributed by atoms with Gasteiger partial charge in [-0.15, -0.1) is 5.10 Å². The molecule has 1 aromatic carbocycles. The van der Waals surface area contributed by atoms with Crippen molar-refractivity contribution >= 4 is 34.1 Å². The number of unbranched alkanes of at least 4 members (excludes halogenated alkanes) is 3. The van der Waals surface area contributed by atoms with Crippen molar-refractivity contribution in [3.63, 3.8) is 0 Å². The molecule has 3 aromatic heterocycles. The summed E-state index contributed by atoms with van der Waals surface area (Å²) < 4.78 is 37.1. The molecule has 0 spiro atoms. The number of carbonyl (C=O) groups is 2. The van der Waals surface area contributed by atoms with Gasteiger partial charge in [-0.1, -0.05) is 37.5 Å². The van der Waals surface area contributed by atoms with E-state index >= 15 is 4.39 Å². The number of rotatable bonds is 12. The quantitative estimate of drug-likeness (QED) is 0.207. The van der Waals surface area contributed by atoms with Gasteiger partial charge in [-0.25, -0.2) is 13.8 Å². The average molecular weight is 661 g/mol. The molecule has 11 nitrogen and oxygen atoms in total. The number of aromatic nitrogens is 5. The van der Waals surface area contributed by atoms with Crippen LogP contribution in [0.4, 0.5) is 14.6 Å². The number of methoxy groups -OCH3 is 1. The Bertz CT molecular complexity index is 1780. The molecule has 0 unspecified atom stereocenters. The Kier molecular flexibility index (Phi) is 10.3. The predicted molar refractivity (Wildman–Crippen MR) is 179 cm³/mol. The zero-order valence-electron chi connectivity index (χ0n) is 27.6. The molecule has 2 aliphatic rings. The number of amides is 2. The monoisotopic (exact) mass is 660 g/mol. The number of aryl methyl sites for hydroxylation is 2. The van der Waals surface area contributed by atoms with E-state index in [0.29, 0.717) is 86.0 Å². The minimum atomic E-state index is -0.478. The molecular formula is C35H42F2N8O3. The van der Waals surface area contributed by atoms with Crippen LogP contribution in [0.15, 0.2) is 42.9 Å². The van der Waals surface area contributed by atoms with Crippen LogP contribution in [0.3, 0.4) is 0 Å². The average Bonchev–Trinajstić information content (AvgIpc) is 3.81. The third kappa shape index (κ3) is 7.19. The Hall–Kier alpha value is -4.81. The van der Waals surface area contributed by atoms with E-state index in [9.17, 15) is 14.0 Å². The van der Waals surface area contributed by atoms with Crippen molar-refractivity contribution in [2.24, 2.45) is 0 Å². The van der Waals surface area contributed by atoms with E-state index in [4.69, 9.17) is 4.74 Å². The number of H-pyrrole nitrogens is 1. The smallest absolute Gasteiger partial charge is 0.270 e. The van der Waals surface area contributed by atoms with Crippen molar-refractivity contribution in [1.82, 2.24) is 34.8 Å². The van der Waals surface area contributed by atoms with Crippen LogP contribution in [-0.4, -0.2) is 93.0 Å². The van der Waals surface area contributed by atoms with Crippen molar-refractivity contribution in [3.05, 3.63) is 71.3 Å². The second kappa shape index (κ2) is 15.0. The van der Waals surface area contributed by atoms with Crippen molar-refractivity contribution in [3.8, 4) is 5.75 Å². The van der Waals surface area contributed by atoms with Gasteiger partial charge in [0.05, 0.1) is 31.6 Å². The van der Waals surface area contributed by atoms with Crippen LogP contribution in [0, 0.1) is 11.6 Å². The van der Waals surface area contributed by atoms with Gasteiger partial charge >= 0.3 is 0 Å². The summed E-state index contributed by atoms with van der Waals surface area (Å²) in [5, 5.41) is 8.44. The van der Waals surface area contributed by atoms with Crippen LogP contribution >= 0.6 is 0 Å². The van der Waals surface area contributed by atoms with Crippen LogP contribution < -0.4 is 9.64 Å². The Morgan fingerprint density at radius 2 is 1.85 bits per heavy atom. The molecule has 254 valence electrons. The van der Waals surface area contributed by atoms with Crippen molar-refractivity contribution < 1.29 is 23.1 Å². The maximum atomic E-state index is 16.4. The van der Waals surface area contributed by atoms with Gasteiger partial charge in [-0.2, -0.15) is 0 Å². The summed E-state index contributed by atoms with van der Waals surface area (Å²) in [4.78, 5) is 39.7. The minimum absolute atomic E-state index is 0.0149. The summed E-state index contributed by atoms with van der Waals surface area (Å²) in [7, 11) is 1.47. The van der Waals surface area contributed by atoms with E-state index < -0.39 is 11.6 Å². The largest absolute Gasteiger partial charge is 0.493 e. The Labute approximate surface area is 278 Å². The molecule has 1 saturated heterocycles. The van der Waals surface area contributed by atoms with Gasteiger partial charge in [0, 0.05) is 68.9 Å². The number of pyridine rings is 1. The third-order valence-electron chi connectivity index (χ3n) is 9.23. The summed E-state index contributed by atoms with van der Waals surface area (Å²) in [6.07, 6.45) is 12.4. The summed E-state index contributed by atoms with van der Waals surface area (Å²) >= 11 is 0. The van der Waals surface area contributed by atoms with Crippen LogP contribution in [0.2, 0.25) is 0 Å². The number of carbonyl (C=O) groups excluding carboxylic acids is 2. The highest BCUT2D eigenvalue weighted by Gasteiger charge is 2.28. The molecular weight excluding hydrogens is 618 g/mol. The van der Waals surface area contributed by atoms with Gasteiger partial charge in [0.15, 0.2) is 17.4 Å². The molecule has 2 amide bonds. The number of hydrogen-bond acceptors (Lipinski definition) is 7. The highest BCUT2D eigenvalue weighted by Crippen LogP contribution is 2.33. The number of ether oxygens (including phenoxy) is 1. The van der Waals surface area contributed by atoms with Crippen LogP contribution in [0.1, 0.15) is 67.1 Å². The molecule has 5 heterocycles. The summed E-state index contributed by atoms with van der Waals surface area (Å²) in [5.74, 6) is -0.235. The first kappa shape index (κ1) is 33.1. The molecule has 4 aromatic rings. The number of benzene rings is 1. The van der Waals surface area contributed by atoms with E-state index in [1.165, 1.54) is 13.2 Å². The molecule has 2 aliphatic heterocycles. The molecule has 48 heavy (non-hydrogen) atoms. The maximum absolute atomic E-state index is 16.4. The van der Waals surface area contributed by atoms with Gasteiger partial charge in [0.2, 0.25) is 5.91 Å². The lowest BCUT2D eigenvalue weighted by Gasteiger charge is -2.35. The van der Waals surface area contributed by atoms with Gasteiger partial charge in [0.25, 0.3) is 5.91 Å². The first-order valence-electron chi connectivity index (χ1n) is 16.7. The number of halogens is 2. The zero-order valence-corrected chi connectivity index (χ0v) is 27.6. The Morgan fingerprint density at radius 3 is 2.60 bits per heavy atom. The molecule has 1 fully saturated rings. The molecule has 0 radical (unpaired) electrons. The number of nitrogens with one attached hydrogen (secondary N) is 1. The van der Waals surface area contributed by atoms with E-state index in [0.717, 1.165) is 49.4 Å². The van der Waals surface area contributed by atoms with Gasteiger partial charge in [-0.05, 0) is 42.5 Å². The highest BCUT2D eigenvalue weighted by atomic mass is 19.1. The van der Waals surface area contributed by atoms with Gasteiger partial charge in [0.1, 0.15) is 11.5 Å². The Balaban J connectivity index is 1.21. The number of aromatic amines is 1. The molecule has 0 bridgehead atoms. The fourth-order valence-corrected chi connectivity index (χ4v) is 6.59. The molecule has 13 heteroatoms. The summed E-state index contributed by atoms with van der Waals surface area (Å²) in [6.45, 7) is 5.31. The lowest BCUT2D eigenvalue weighted by atomic mass is 9.94. The molecule has 0 atom stereocenters. The normalized spacial score (nSPS) is 15.2. The van der Waals surface area contributed by atoms with Crippen molar-refractivity contribution in [2.45, 2.75) is 58.4 Å². The fourth-order valence-electron chi connectivity index (χ4n) is 6.59. The topological polar surface area (TPSA) is 112 Å². The molecule has 0 aliphatic carbocycles. The van der Waals surface area contributed by atoms with E-state index in [2.05, 4.69) is 27.2 Å². The zero-order chi connectivity index (χ0) is 33.6. The van der Waals surface area contributed by atoms with Gasteiger partial charge in [-0.3, -0.25) is 14.3 Å². The number of hydrogen-bond donors (Lipinski definition) is 1. The van der Waals surface area contributed by atoms with Crippen molar-refractivity contribution in [1.29, 1.82) is 0 Å². The van der Waals surface area contributed by atoms with E-state index in [1.807, 2.05) is 17.0 Å². The van der Waals surface area contributed by atoms with E-state index in [1.54, 1.807) is 32.9 Å². The number of anilines is 1. The second-order valence-corrected chi connectivity index (χ2v) is 12.4. The first-order valence-corrected chi connectivity index (χ1v) is 16.7. The maximum Gasteiger partial charge on any atom is 0.270 e. The molecule has 6 rings (SSSR count). The van der Waals surface area contributed by atoms with Crippen LogP contribution in [0.25, 0.3) is 16.5 Å². The Morgan fingerprint density at radius 1 is 1.02 bits per heavy atom. The fraction of sp³-hybridized carbons (Fsp3) is 0.457. The highest BCUT2D eigenvalue weighted by molar-refractivity contribution is 6.00. The van der Waals surface area contributed by atoms with Crippen LogP contribution in [-0.2, 0) is 17.8 Å². The molecule has 0 saturated carbocycles. The molecule has 1 N–H and O–H groups in total. The SMILES string of the molecule is CCCCCCc1cc(C2=CCCN(C(=O)CCn3ccnn3)C2)c(F)c2[nH]c(C(=O)N3CCN(c4ncc(F)cc4OC)CC3)cc12.